The molecule has 0 radical (unpaired) electrons. The number of hydrogen-bond acceptors (Lipinski definition) is 3. The Kier molecular flexibility index (Phi) is 5.73. The lowest BCUT2D eigenvalue weighted by atomic mass is 10.0. The van der Waals surface area contributed by atoms with Crippen LogP contribution in [0.2, 0.25) is 5.02 Å². The van der Waals surface area contributed by atoms with E-state index in [1.807, 2.05) is 18.2 Å². The molecule has 0 spiro atoms. The Morgan fingerprint density at radius 3 is 2.88 bits per heavy atom. The minimum Gasteiger partial charge on any atom is -0.477 e. The largest absolute Gasteiger partial charge is 0.477 e. The number of aromatic nitrogens is 1. The summed E-state index contributed by atoms with van der Waals surface area (Å²) < 4.78 is 19.4. The number of nitrogens with zero attached hydrogens (tertiary/aromatic N) is 2. The maximum absolute atomic E-state index is 13.8. The van der Waals surface area contributed by atoms with E-state index in [0.717, 1.165) is 11.3 Å². The second kappa shape index (κ2) is 8.19. The number of hydrogen-bond donors (Lipinski definition) is 1. The molecule has 1 aromatic heterocycles. The van der Waals surface area contributed by atoms with Crippen molar-refractivity contribution < 1.29 is 19.0 Å². The first kappa shape index (κ1) is 18.2. The lowest BCUT2D eigenvalue weighted by Crippen LogP contribution is -2.33. The predicted molar refractivity (Wildman–Crippen MR) is 97.0 cm³/mol. The van der Waals surface area contributed by atoms with Gasteiger partial charge in [-0.15, -0.1) is 0 Å². The van der Waals surface area contributed by atoms with E-state index in [9.17, 15) is 9.18 Å². The van der Waals surface area contributed by atoms with E-state index in [-0.39, 0.29) is 5.82 Å². The zero-order chi connectivity index (χ0) is 18.5. The van der Waals surface area contributed by atoms with E-state index in [1.54, 1.807) is 18.2 Å². The van der Waals surface area contributed by atoms with Gasteiger partial charge in [-0.1, -0.05) is 29.8 Å². The molecule has 1 aromatic carbocycles. The molecule has 0 atom stereocenters. The number of amides is 1. The van der Waals surface area contributed by atoms with Gasteiger partial charge in [-0.05, 0) is 35.8 Å². The van der Waals surface area contributed by atoms with Crippen molar-refractivity contribution in [2.24, 2.45) is 0 Å². The molecule has 1 aliphatic heterocycles. The molecule has 0 bridgehead atoms. The smallest absolute Gasteiger partial charge is 0.407 e. The summed E-state index contributed by atoms with van der Waals surface area (Å²) in [5.41, 5.74) is 2.30. The van der Waals surface area contributed by atoms with E-state index in [2.05, 4.69) is 4.98 Å². The van der Waals surface area contributed by atoms with Crippen molar-refractivity contribution in [3.63, 3.8) is 0 Å². The topological polar surface area (TPSA) is 62.7 Å². The normalized spacial score (nSPS) is 14.1. The van der Waals surface area contributed by atoms with E-state index in [0.29, 0.717) is 49.0 Å². The molecular weight excluding hydrogens is 359 g/mol. The Balaban J connectivity index is 1.60. The Morgan fingerprint density at radius 2 is 2.19 bits per heavy atom. The highest BCUT2D eigenvalue weighted by Crippen LogP contribution is 2.23. The van der Waals surface area contributed by atoms with Crippen LogP contribution in [0.25, 0.3) is 5.57 Å². The highest BCUT2D eigenvalue weighted by Gasteiger charge is 2.17. The fourth-order valence-corrected chi connectivity index (χ4v) is 2.90. The lowest BCUT2D eigenvalue weighted by Gasteiger charge is -2.23. The van der Waals surface area contributed by atoms with E-state index < -0.39 is 6.09 Å². The van der Waals surface area contributed by atoms with Crippen LogP contribution < -0.4 is 4.74 Å². The molecule has 136 valence electrons. The molecule has 0 saturated heterocycles. The van der Waals surface area contributed by atoms with Crippen LogP contribution in [0.1, 0.15) is 17.7 Å². The van der Waals surface area contributed by atoms with Crippen LogP contribution in [-0.4, -0.2) is 40.8 Å². The molecule has 26 heavy (non-hydrogen) atoms. The van der Waals surface area contributed by atoms with E-state index in [1.165, 1.54) is 11.0 Å². The molecule has 1 amide bonds. The average Bonchev–Trinajstić information content (AvgIpc) is 2.64. The Hall–Kier alpha value is -2.60. The van der Waals surface area contributed by atoms with Crippen LogP contribution in [0.15, 0.2) is 42.5 Å². The van der Waals surface area contributed by atoms with Gasteiger partial charge in [0.05, 0.1) is 12.3 Å². The van der Waals surface area contributed by atoms with Gasteiger partial charge < -0.3 is 14.7 Å². The number of carboxylic acid groups (broad SMARTS) is 1. The monoisotopic (exact) mass is 376 g/mol. The van der Waals surface area contributed by atoms with Gasteiger partial charge >= 0.3 is 6.09 Å². The lowest BCUT2D eigenvalue weighted by molar-refractivity contribution is 0.150. The SMILES string of the molecule is O=C(O)N1CC=C(c2cccc(OCCc3ccc(Cl)cc3F)n2)CC1. The first-order valence-electron chi connectivity index (χ1n) is 8.24. The van der Waals surface area contributed by atoms with Gasteiger partial charge in [0, 0.05) is 30.6 Å². The van der Waals surface area contributed by atoms with Crippen LogP contribution in [0.4, 0.5) is 9.18 Å². The van der Waals surface area contributed by atoms with Crippen molar-refractivity contribution >= 4 is 23.3 Å². The standard InChI is InChI=1S/C19H18ClFN2O3/c20-15-5-4-13(16(21)12-15)8-11-26-18-3-1-2-17(22-18)14-6-9-23(10-7-14)19(24)25/h1-6,12H,7-11H2,(H,24,25). The van der Waals surface area contributed by atoms with Gasteiger partial charge in [0.25, 0.3) is 0 Å². The van der Waals surface area contributed by atoms with Crippen LogP contribution in [0.3, 0.4) is 0 Å². The third kappa shape index (κ3) is 4.52. The van der Waals surface area contributed by atoms with Crippen molar-refractivity contribution in [3.05, 3.63) is 64.6 Å². The quantitative estimate of drug-likeness (QED) is 0.846. The molecule has 7 heteroatoms. The van der Waals surface area contributed by atoms with Crippen molar-refractivity contribution in [2.75, 3.05) is 19.7 Å². The highest BCUT2D eigenvalue weighted by molar-refractivity contribution is 6.30. The molecule has 0 fully saturated rings. The number of rotatable bonds is 5. The third-order valence-electron chi connectivity index (χ3n) is 4.17. The Morgan fingerprint density at radius 1 is 1.35 bits per heavy atom. The summed E-state index contributed by atoms with van der Waals surface area (Å²) in [6.45, 7) is 1.10. The summed E-state index contributed by atoms with van der Waals surface area (Å²) in [7, 11) is 0. The maximum Gasteiger partial charge on any atom is 0.407 e. The minimum absolute atomic E-state index is 0.293. The van der Waals surface area contributed by atoms with Crippen molar-refractivity contribution in [2.45, 2.75) is 12.8 Å². The number of ether oxygens (including phenoxy) is 1. The Labute approximate surface area is 155 Å². The van der Waals surface area contributed by atoms with Gasteiger partial charge in [0.1, 0.15) is 5.82 Å². The fraction of sp³-hybridized carbons (Fsp3) is 0.263. The first-order valence-corrected chi connectivity index (χ1v) is 8.62. The minimum atomic E-state index is -0.917. The van der Waals surface area contributed by atoms with Crippen molar-refractivity contribution in [3.8, 4) is 5.88 Å². The molecule has 2 heterocycles. The van der Waals surface area contributed by atoms with E-state index in [4.69, 9.17) is 21.4 Å². The summed E-state index contributed by atoms with van der Waals surface area (Å²) >= 11 is 5.74. The molecule has 0 aliphatic carbocycles. The molecule has 1 aliphatic rings. The third-order valence-corrected chi connectivity index (χ3v) is 4.40. The molecule has 3 rings (SSSR count). The number of halogens is 2. The molecule has 2 aromatic rings. The zero-order valence-electron chi connectivity index (χ0n) is 14.0. The molecule has 1 N–H and O–H groups in total. The molecule has 0 saturated carbocycles. The molecule has 5 nitrogen and oxygen atoms in total. The summed E-state index contributed by atoms with van der Waals surface area (Å²) in [4.78, 5) is 16.8. The van der Waals surface area contributed by atoms with Crippen LogP contribution in [0.5, 0.6) is 5.88 Å². The van der Waals surface area contributed by atoms with Gasteiger partial charge in [-0.2, -0.15) is 0 Å². The average molecular weight is 377 g/mol. The van der Waals surface area contributed by atoms with Gasteiger partial charge in [-0.25, -0.2) is 14.2 Å². The van der Waals surface area contributed by atoms with Crippen LogP contribution in [-0.2, 0) is 6.42 Å². The first-order chi connectivity index (χ1) is 12.5. The summed E-state index contributed by atoms with van der Waals surface area (Å²) in [5.74, 6) is 0.108. The Bertz CT molecular complexity index is 841. The van der Waals surface area contributed by atoms with Crippen molar-refractivity contribution in [1.29, 1.82) is 0 Å². The predicted octanol–water partition coefficient (Wildman–Crippen LogP) is 4.26. The fourth-order valence-electron chi connectivity index (χ4n) is 2.74. The number of carbonyl (C=O) groups is 1. The summed E-state index contributed by atoms with van der Waals surface area (Å²) in [6, 6.07) is 10.0. The van der Waals surface area contributed by atoms with E-state index >= 15 is 0 Å². The molecular formula is C19H18ClFN2O3. The maximum atomic E-state index is 13.8. The second-order valence-electron chi connectivity index (χ2n) is 5.90. The second-order valence-corrected chi connectivity index (χ2v) is 6.34. The van der Waals surface area contributed by atoms with Crippen LogP contribution in [0, 0.1) is 5.82 Å². The summed E-state index contributed by atoms with van der Waals surface area (Å²) in [5, 5.41) is 9.36. The number of pyridine rings is 1. The van der Waals surface area contributed by atoms with Crippen molar-refractivity contribution in [1.82, 2.24) is 9.88 Å². The van der Waals surface area contributed by atoms with Gasteiger partial charge in [0.15, 0.2) is 0 Å². The van der Waals surface area contributed by atoms with Crippen LogP contribution >= 0.6 is 11.6 Å². The zero-order valence-corrected chi connectivity index (χ0v) is 14.7. The highest BCUT2D eigenvalue weighted by atomic mass is 35.5. The number of benzene rings is 1. The van der Waals surface area contributed by atoms with Gasteiger partial charge in [-0.3, -0.25) is 0 Å². The van der Waals surface area contributed by atoms with Gasteiger partial charge in [0.2, 0.25) is 5.88 Å². The molecule has 0 unspecified atom stereocenters. The summed E-state index contributed by atoms with van der Waals surface area (Å²) in [6.07, 6.45) is 1.97.